The third-order valence-corrected chi connectivity index (χ3v) is 5.15. The molecule has 184 valence electrons. The topological polar surface area (TPSA) is 79.0 Å². The van der Waals surface area contributed by atoms with Crippen LogP contribution in [-0.2, 0) is 17.5 Å². The molecule has 0 saturated carbocycles. The average Bonchev–Trinajstić information content (AvgIpc) is 3.44. The molecule has 35 heavy (non-hydrogen) atoms. The molecule has 0 spiro atoms. The summed E-state index contributed by atoms with van der Waals surface area (Å²) < 4.78 is 67.5. The fourth-order valence-corrected chi connectivity index (χ4v) is 3.39. The number of anilines is 2. The normalized spacial score (nSPS) is 11.6. The molecule has 0 aliphatic rings. The van der Waals surface area contributed by atoms with Crippen LogP contribution in [-0.4, -0.2) is 45.1 Å². The molecule has 0 amide bonds. The van der Waals surface area contributed by atoms with E-state index in [0.717, 1.165) is 17.4 Å². The molecular weight excluding hydrogens is 468 g/mol. The molecule has 0 aliphatic carbocycles. The first kappa shape index (κ1) is 24.2. The van der Waals surface area contributed by atoms with Crippen molar-refractivity contribution in [3.8, 4) is 22.8 Å². The Kier molecular flexibility index (Phi) is 6.74. The highest BCUT2D eigenvalue weighted by Crippen LogP contribution is 2.33. The molecule has 0 unspecified atom stereocenters. The van der Waals surface area contributed by atoms with Gasteiger partial charge in [-0.15, -0.1) is 5.10 Å². The summed E-state index contributed by atoms with van der Waals surface area (Å²) in [5, 5.41) is 7.08. The lowest BCUT2D eigenvalue weighted by Gasteiger charge is -2.12. The lowest BCUT2D eigenvalue weighted by Crippen LogP contribution is -2.11. The Morgan fingerprint density at radius 3 is 2.54 bits per heavy atom. The Morgan fingerprint density at radius 1 is 1.09 bits per heavy atom. The number of hydrogen-bond donors (Lipinski definition) is 1. The zero-order valence-corrected chi connectivity index (χ0v) is 19.1. The number of aromatic nitrogens is 5. The molecule has 8 nitrogen and oxygen atoms in total. The van der Waals surface area contributed by atoms with Gasteiger partial charge in [-0.3, -0.25) is 0 Å². The van der Waals surface area contributed by atoms with Crippen LogP contribution in [0.25, 0.3) is 17.1 Å². The second-order valence-electron chi connectivity index (χ2n) is 7.60. The van der Waals surface area contributed by atoms with Crippen molar-refractivity contribution >= 4 is 11.6 Å². The molecule has 2 heterocycles. The molecule has 0 atom stereocenters. The number of benzene rings is 2. The van der Waals surface area contributed by atoms with E-state index in [4.69, 9.17) is 9.47 Å². The van der Waals surface area contributed by atoms with Gasteiger partial charge in [0, 0.05) is 18.9 Å². The van der Waals surface area contributed by atoms with Crippen LogP contribution in [0.4, 0.5) is 29.2 Å². The van der Waals surface area contributed by atoms with Crippen molar-refractivity contribution in [3.63, 3.8) is 0 Å². The second-order valence-corrected chi connectivity index (χ2v) is 7.60. The number of hydrogen-bond acceptors (Lipinski definition) is 6. The highest BCUT2D eigenvalue weighted by atomic mass is 19.4. The third kappa shape index (κ3) is 5.27. The van der Waals surface area contributed by atoms with E-state index in [1.54, 1.807) is 18.5 Å². The predicted octanol–water partition coefficient (Wildman–Crippen LogP) is 5.00. The van der Waals surface area contributed by atoms with Crippen LogP contribution in [0.15, 0.2) is 48.9 Å². The summed E-state index contributed by atoms with van der Waals surface area (Å²) in [6.45, 7) is 2.36. The first-order chi connectivity index (χ1) is 16.7. The number of imidazole rings is 1. The Bertz CT molecular complexity index is 1330. The lowest BCUT2D eigenvalue weighted by molar-refractivity contribution is -0.137. The maximum atomic E-state index is 14.3. The van der Waals surface area contributed by atoms with E-state index in [9.17, 15) is 17.6 Å². The lowest BCUT2D eigenvalue weighted by atomic mass is 10.1. The molecule has 12 heteroatoms. The monoisotopic (exact) mass is 490 g/mol. The Morgan fingerprint density at radius 2 is 1.89 bits per heavy atom. The minimum atomic E-state index is -4.62. The Labute approximate surface area is 198 Å². The minimum absolute atomic E-state index is 0.0588. The van der Waals surface area contributed by atoms with Gasteiger partial charge in [0.25, 0.3) is 0 Å². The number of nitrogens with zero attached hydrogens (tertiary/aromatic N) is 5. The van der Waals surface area contributed by atoms with E-state index in [1.165, 1.54) is 18.9 Å². The number of alkyl halides is 3. The van der Waals surface area contributed by atoms with Gasteiger partial charge < -0.3 is 19.4 Å². The highest BCUT2D eigenvalue weighted by Gasteiger charge is 2.31. The van der Waals surface area contributed by atoms with E-state index >= 15 is 0 Å². The van der Waals surface area contributed by atoms with Crippen molar-refractivity contribution in [1.29, 1.82) is 0 Å². The largest absolute Gasteiger partial charge is 0.495 e. The molecule has 0 bridgehead atoms. The van der Waals surface area contributed by atoms with E-state index in [-0.39, 0.29) is 30.6 Å². The predicted molar refractivity (Wildman–Crippen MR) is 120 cm³/mol. The summed E-state index contributed by atoms with van der Waals surface area (Å²) in [5.74, 6) is 0.000244. The smallest absolute Gasteiger partial charge is 0.416 e. The summed E-state index contributed by atoms with van der Waals surface area (Å²) in [6, 6.07) is 7.44. The van der Waals surface area contributed by atoms with Crippen molar-refractivity contribution in [2.45, 2.75) is 19.6 Å². The number of halogens is 4. The number of aryl methyl sites for hydroxylation is 1. The van der Waals surface area contributed by atoms with Crippen LogP contribution in [0, 0.1) is 12.7 Å². The number of ether oxygens (including phenoxy) is 2. The van der Waals surface area contributed by atoms with Gasteiger partial charge in [0.15, 0.2) is 5.82 Å². The molecule has 1 N–H and O–H groups in total. The zero-order valence-electron chi connectivity index (χ0n) is 19.1. The third-order valence-electron chi connectivity index (χ3n) is 5.15. The molecule has 0 saturated heterocycles. The molecule has 4 rings (SSSR count). The van der Waals surface area contributed by atoms with Crippen LogP contribution in [0.2, 0.25) is 0 Å². The van der Waals surface area contributed by atoms with E-state index in [0.29, 0.717) is 23.4 Å². The van der Waals surface area contributed by atoms with Gasteiger partial charge in [0.2, 0.25) is 5.95 Å². The molecule has 0 radical (unpaired) electrons. The van der Waals surface area contributed by atoms with E-state index < -0.39 is 17.6 Å². The molecule has 0 fully saturated rings. The summed E-state index contributed by atoms with van der Waals surface area (Å²) in [7, 11) is 3.03. The fourth-order valence-electron chi connectivity index (χ4n) is 3.39. The van der Waals surface area contributed by atoms with Gasteiger partial charge in [-0.25, -0.2) is 14.1 Å². The minimum Gasteiger partial charge on any atom is -0.495 e. The molecule has 2 aromatic heterocycles. The Hall–Kier alpha value is -3.93. The van der Waals surface area contributed by atoms with Gasteiger partial charge in [-0.05, 0) is 43.3 Å². The van der Waals surface area contributed by atoms with Crippen LogP contribution >= 0.6 is 0 Å². The van der Waals surface area contributed by atoms with Gasteiger partial charge >= 0.3 is 6.18 Å². The van der Waals surface area contributed by atoms with Crippen molar-refractivity contribution in [1.82, 2.24) is 24.3 Å². The summed E-state index contributed by atoms with van der Waals surface area (Å²) in [4.78, 5) is 8.63. The SMILES string of the molecule is COCCn1nc(-c2ccc(-n3cnc(C)c3)c(OC)c2)nc1Nc1cc(C(F)(F)F)ccc1F. The summed E-state index contributed by atoms with van der Waals surface area (Å²) in [6.07, 6.45) is -1.11. The average molecular weight is 490 g/mol. The van der Waals surface area contributed by atoms with Crippen LogP contribution in [0.5, 0.6) is 5.75 Å². The summed E-state index contributed by atoms with van der Waals surface area (Å²) >= 11 is 0. The maximum absolute atomic E-state index is 14.3. The van der Waals surface area contributed by atoms with Crippen molar-refractivity contribution in [2.75, 3.05) is 26.1 Å². The second kappa shape index (κ2) is 9.74. The van der Waals surface area contributed by atoms with E-state index in [2.05, 4.69) is 20.4 Å². The zero-order chi connectivity index (χ0) is 25.2. The number of nitrogens with one attached hydrogen (secondary N) is 1. The maximum Gasteiger partial charge on any atom is 0.416 e. The van der Waals surface area contributed by atoms with Crippen molar-refractivity contribution in [2.24, 2.45) is 0 Å². The van der Waals surface area contributed by atoms with Crippen LogP contribution < -0.4 is 10.1 Å². The molecule has 2 aromatic carbocycles. The van der Waals surface area contributed by atoms with Gasteiger partial charge in [0.1, 0.15) is 11.6 Å². The molecular formula is C23H22F4N6O2. The Balaban J connectivity index is 1.71. The van der Waals surface area contributed by atoms with E-state index in [1.807, 2.05) is 23.8 Å². The van der Waals surface area contributed by atoms with Crippen LogP contribution in [0.1, 0.15) is 11.3 Å². The van der Waals surface area contributed by atoms with Gasteiger partial charge in [-0.2, -0.15) is 18.2 Å². The highest BCUT2D eigenvalue weighted by molar-refractivity contribution is 5.65. The van der Waals surface area contributed by atoms with Crippen molar-refractivity contribution < 1.29 is 27.0 Å². The van der Waals surface area contributed by atoms with Gasteiger partial charge in [-0.1, -0.05) is 0 Å². The van der Waals surface area contributed by atoms with Gasteiger partial charge in [0.05, 0.1) is 49.2 Å². The van der Waals surface area contributed by atoms with Crippen LogP contribution in [0.3, 0.4) is 0 Å². The number of methoxy groups -OCH3 is 2. The first-order valence-corrected chi connectivity index (χ1v) is 10.5. The van der Waals surface area contributed by atoms with Crippen molar-refractivity contribution in [3.05, 3.63) is 66.0 Å². The summed E-state index contributed by atoms with van der Waals surface area (Å²) in [5.41, 5.74) is 0.818. The standard InChI is InChI=1S/C23H22F4N6O2/c1-14-12-32(13-28-14)19-7-4-15(10-20(19)35-3)21-30-22(33(31-21)8-9-34-2)29-18-11-16(23(25,26)27)5-6-17(18)24/h4-7,10-13H,8-9H2,1-3H3,(H,29,30,31). The number of rotatable bonds is 8. The fraction of sp³-hybridized carbons (Fsp3) is 0.261. The quantitative estimate of drug-likeness (QED) is 0.351. The molecule has 0 aliphatic heterocycles. The first-order valence-electron chi connectivity index (χ1n) is 10.5. The molecule has 4 aromatic rings.